The molecule has 0 atom stereocenters. The number of carboxylic acids is 1. The molecule has 2 aromatic carbocycles. The van der Waals surface area contributed by atoms with Crippen molar-refractivity contribution in [2.75, 3.05) is 0 Å². The van der Waals surface area contributed by atoms with Gasteiger partial charge in [0.15, 0.2) is 0 Å². The van der Waals surface area contributed by atoms with Gasteiger partial charge in [-0.05, 0) is 48.4 Å². The maximum atomic E-state index is 11.0. The molecular formula is C19H16O6. The van der Waals surface area contributed by atoms with E-state index in [1.807, 2.05) is 6.92 Å². The van der Waals surface area contributed by atoms with Gasteiger partial charge in [-0.15, -0.1) is 0 Å². The average molecular weight is 340 g/mol. The van der Waals surface area contributed by atoms with Crippen LogP contribution < -0.4 is 5.63 Å². The van der Waals surface area contributed by atoms with Gasteiger partial charge in [-0.2, -0.15) is 0 Å². The van der Waals surface area contributed by atoms with Gasteiger partial charge in [0.1, 0.15) is 17.1 Å². The third kappa shape index (κ3) is 5.24. The highest BCUT2D eigenvalue weighted by atomic mass is 16.4. The standard InChI is InChI=1S/C10H8O3.C9H8O3/c1-6-4-10(12)13-9-5-7(11)2-3-8(6)9;10-8-3-1-2-7(6-8)4-5-9(11)12/h2-5,11H,1H3;1-6,10H,(H,11,12). The van der Waals surface area contributed by atoms with Crippen LogP contribution >= 0.6 is 0 Å². The molecule has 0 fully saturated rings. The highest BCUT2D eigenvalue weighted by Crippen LogP contribution is 2.20. The Bertz CT molecular complexity index is 985. The quantitative estimate of drug-likeness (QED) is 0.488. The first-order valence-corrected chi connectivity index (χ1v) is 7.28. The van der Waals surface area contributed by atoms with Crippen molar-refractivity contribution in [2.24, 2.45) is 0 Å². The topological polar surface area (TPSA) is 108 Å². The summed E-state index contributed by atoms with van der Waals surface area (Å²) in [5, 5.41) is 27.3. The van der Waals surface area contributed by atoms with Gasteiger partial charge in [-0.1, -0.05) is 12.1 Å². The van der Waals surface area contributed by atoms with Gasteiger partial charge >= 0.3 is 11.6 Å². The summed E-state index contributed by atoms with van der Waals surface area (Å²) in [6, 6.07) is 12.5. The molecule has 128 valence electrons. The molecule has 25 heavy (non-hydrogen) atoms. The number of carbonyl (C=O) groups is 1. The van der Waals surface area contributed by atoms with Gasteiger partial charge in [0, 0.05) is 23.6 Å². The van der Waals surface area contributed by atoms with Crippen LogP contribution in [0.5, 0.6) is 11.5 Å². The first-order chi connectivity index (χ1) is 11.8. The Morgan fingerprint density at radius 2 is 1.76 bits per heavy atom. The first-order valence-electron chi connectivity index (χ1n) is 7.28. The van der Waals surface area contributed by atoms with E-state index in [1.165, 1.54) is 30.3 Å². The number of hydrogen-bond donors (Lipinski definition) is 3. The summed E-state index contributed by atoms with van der Waals surface area (Å²) in [5.74, 6) is -0.776. The maximum absolute atomic E-state index is 11.0. The normalized spacial score (nSPS) is 10.4. The minimum Gasteiger partial charge on any atom is -0.508 e. The van der Waals surface area contributed by atoms with Crippen molar-refractivity contribution in [2.45, 2.75) is 6.92 Å². The summed E-state index contributed by atoms with van der Waals surface area (Å²) >= 11 is 0. The number of benzene rings is 2. The average Bonchev–Trinajstić information content (AvgIpc) is 2.53. The van der Waals surface area contributed by atoms with E-state index >= 15 is 0 Å². The number of aliphatic carboxylic acids is 1. The Morgan fingerprint density at radius 3 is 2.44 bits per heavy atom. The van der Waals surface area contributed by atoms with Crippen molar-refractivity contribution in [3.05, 3.63) is 76.2 Å². The van der Waals surface area contributed by atoms with Crippen molar-refractivity contribution >= 4 is 23.0 Å². The zero-order chi connectivity index (χ0) is 18.4. The molecule has 1 aromatic heterocycles. The predicted octanol–water partition coefficient (Wildman–Crippen LogP) is 3.30. The second-order valence-electron chi connectivity index (χ2n) is 5.20. The summed E-state index contributed by atoms with van der Waals surface area (Å²) in [4.78, 5) is 21.1. The van der Waals surface area contributed by atoms with Crippen LogP contribution in [0.1, 0.15) is 11.1 Å². The fraction of sp³-hybridized carbons (Fsp3) is 0.0526. The second-order valence-corrected chi connectivity index (χ2v) is 5.20. The largest absolute Gasteiger partial charge is 0.508 e. The summed E-state index contributed by atoms with van der Waals surface area (Å²) in [5.41, 5.74) is 1.55. The third-order valence-electron chi connectivity index (χ3n) is 3.22. The molecule has 3 N–H and O–H groups in total. The molecule has 3 rings (SSSR count). The lowest BCUT2D eigenvalue weighted by molar-refractivity contribution is -0.131. The van der Waals surface area contributed by atoms with Crippen LogP contribution in [0.15, 0.2) is 63.8 Å². The van der Waals surface area contributed by atoms with Crippen LogP contribution in [-0.2, 0) is 4.79 Å². The van der Waals surface area contributed by atoms with E-state index in [9.17, 15) is 9.59 Å². The molecular weight excluding hydrogens is 324 g/mol. The Morgan fingerprint density at radius 1 is 1.04 bits per heavy atom. The number of aromatic hydroxyl groups is 2. The van der Waals surface area contributed by atoms with Gasteiger partial charge < -0.3 is 19.7 Å². The van der Waals surface area contributed by atoms with Crippen molar-refractivity contribution in [3.8, 4) is 11.5 Å². The Labute approximate surface area is 142 Å². The van der Waals surface area contributed by atoms with E-state index < -0.39 is 11.6 Å². The van der Waals surface area contributed by atoms with Gasteiger partial charge in [0.05, 0.1) is 0 Å². The molecule has 0 bridgehead atoms. The number of phenolic OH excluding ortho intramolecular Hbond substituents is 2. The van der Waals surface area contributed by atoms with Crippen LogP contribution in [0.2, 0.25) is 0 Å². The Kier molecular flexibility index (Phi) is 5.58. The Balaban J connectivity index is 0.000000181. The summed E-state index contributed by atoms with van der Waals surface area (Å²) in [6.45, 7) is 1.83. The van der Waals surface area contributed by atoms with E-state index in [1.54, 1.807) is 24.3 Å². The molecule has 6 nitrogen and oxygen atoms in total. The molecule has 0 saturated carbocycles. The number of rotatable bonds is 2. The van der Waals surface area contributed by atoms with E-state index in [-0.39, 0.29) is 11.5 Å². The van der Waals surface area contributed by atoms with Crippen LogP contribution in [0.25, 0.3) is 17.0 Å². The molecule has 0 aliphatic heterocycles. The molecule has 0 spiro atoms. The van der Waals surface area contributed by atoms with Gasteiger partial charge in [-0.3, -0.25) is 0 Å². The van der Waals surface area contributed by atoms with Crippen LogP contribution in [0, 0.1) is 6.92 Å². The van der Waals surface area contributed by atoms with Gasteiger partial charge in [0.25, 0.3) is 0 Å². The van der Waals surface area contributed by atoms with Crippen LogP contribution in [-0.4, -0.2) is 21.3 Å². The molecule has 0 radical (unpaired) electrons. The highest BCUT2D eigenvalue weighted by Gasteiger charge is 2.01. The van der Waals surface area contributed by atoms with Gasteiger partial charge in [-0.25, -0.2) is 9.59 Å². The molecule has 0 aliphatic carbocycles. The zero-order valence-electron chi connectivity index (χ0n) is 13.3. The number of fused-ring (bicyclic) bond motifs is 1. The maximum Gasteiger partial charge on any atom is 0.336 e. The van der Waals surface area contributed by atoms with Crippen molar-refractivity contribution in [1.82, 2.24) is 0 Å². The molecule has 1 heterocycles. The number of carboxylic acid groups (broad SMARTS) is 1. The molecule has 0 saturated heterocycles. The molecule has 0 aliphatic rings. The van der Waals surface area contributed by atoms with E-state index in [0.717, 1.165) is 17.0 Å². The number of phenols is 2. The smallest absolute Gasteiger partial charge is 0.336 e. The van der Waals surface area contributed by atoms with E-state index in [2.05, 4.69) is 0 Å². The van der Waals surface area contributed by atoms with Crippen molar-refractivity contribution in [3.63, 3.8) is 0 Å². The van der Waals surface area contributed by atoms with Crippen molar-refractivity contribution in [1.29, 1.82) is 0 Å². The highest BCUT2D eigenvalue weighted by molar-refractivity contribution is 5.85. The molecule has 0 amide bonds. The number of aryl methyl sites for hydroxylation is 1. The Hall–Kier alpha value is -3.54. The minimum atomic E-state index is -1.00. The monoisotopic (exact) mass is 340 g/mol. The molecule has 6 heteroatoms. The fourth-order valence-electron chi connectivity index (χ4n) is 2.11. The predicted molar refractivity (Wildman–Crippen MR) is 93.7 cm³/mol. The second kappa shape index (κ2) is 7.83. The summed E-state index contributed by atoms with van der Waals surface area (Å²) in [6.07, 6.45) is 2.44. The molecule has 0 unspecified atom stereocenters. The van der Waals surface area contributed by atoms with Crippen LogP contribution in [0.4, 0.5) is 0 Å². The molecule has 3 aromatic rings. The summed E-state index contributed by atoms with van der Waals surface area (Å²) in [7, 11) is 0. The fourth-order valence-corrected chi connectivity index (χ4v) is 2.11. The van der Waals surface area contributed by atoms with Crippen LogP contribution in [0.3, 0.4) is 0 Å². The zero-order valence-corrected chi connectivity index (χ0v) is 13.3. The lowest BCUT2D eigenvalue weighted by atomic mass is 10.1. The lowest BCUT2D eigenvalue weighted by Gasteiger charge is -1.99. The minimum absolute atomic E-state index is 0.0984. The SMILES string of the molecule is Cc1cc(=O)oc2cc(O)ccc12.O=C(O)C=Cc1cccc(O)c1. The summed E-state index contributed by atoms with van der Waals surface area (Å²) < 4.78 is 4.91. The number of hydrogen-bond acceptors (Lipinski definition) is 5. The van der Waals surface area contributed by atoms with Crippen molar-refractivity contribution < 1.29 is 24.5 Å². The lowest BCUT2D eigenvalue weighted by Crippen LogP contribution is -1.97. The van der Waals surface area contributed by atoms with E-state index in [0.29, 0.717) is 11.1 Å². The van der Waals surface area contributed by atoms with E-state index in [4.69, 9.17) is 19.7 Å². The third-order valence-corrected chi connectivity index (χ3v) is 3.22. The first kappa shape index (κ1) is 17.8. The van der Waals surface area contributed by atoms with Gasteiger partial charge in [0.2, 0.25) is 0 Å².